The number of carbonyl (C=O) groups is 1. The number of rotatable bonds is 3. The molecule has 0 unspecified atom stereocenters. The van der Waals surface area contributed by atoms with Crippen molar-refractivity contribution in [3.63, 3.8) is 0 Å². The van der Waals surface area contributed by atoms with E-state index in [9.17, 15) is 4.79 Å². The zero-order valence-electron chi connectivity index (χ0n) is 12.6. The molecule has 1 amide bonds. The summed E-state index contributed by atoms with van der Waals surface area (Å²) in [6, 6.07) is 11.0. The van der Waals surface area contributed by atoms with Crippen molar-refractivity contribution in [2.24, 2.45) is 4.99 Å². The molecule has 5 nitrogen and oxygen atoms in total. The molecule has 5 heteroatoms. The number of para-hydroxylation sites is 1. The molecular formula is C17H16N2O3. The zero-order valence-corrected chi connectivity index (χ0v) is 12.6. The van der Waals surface area contributed by atoms with Crippen molar-refractivity contribution in [2.75, 3.05) is 19.5 Å². The number of hydrogen-bond acceptors (Lipinski definition) is 4. The molecule has 3 rings (SSSR count). The van der Waals surface area contributed by atoms with E-state index in [1.54, 1.807) is 32.4 Å². The Bertz CT molecular complexity index is 781. The van der Waals surface area contributed by atoms with Crippen LogP contribution in [0.5, 0.6) is 11.5 Å². The largest absolute Gasteiger partial charge is 0.497 e. The number of carbonyl (C=O) groups excluding carboxylic acids is 1. The fourth-order valence-corrected chi connectivity index (χ4v) is 2.44. The first kappa shape index (κ1) is 14.1. The van der Waals surface area contributed by atoms with E-state index in [1.165, 1.54) is 0 Å². The molecule has 1 aliphatic heterocycles. The Labute approximate surface area is 128 Å². The van der Waals surface area contributed by atoms with E-state index >= 15 is 0 Å². The van der Waals surface area contributed by atoms with Crippen LogP contribution >= 0.6 is 0 Å². The van der Waals surface area contributed by atoms with Gasteiger partial charge in [-0.15, -0.1) is 0 Å². The SMILES string of the molecule is COc1ccc(OC)c(N=C2C(=O)Nc3c(C)cccc32)c1. The van der Waals surface area contributed by atoms with Gasteiger partial charge in [0.15, 0.2) is 0 Å². The maximum Gasteiger partial charge on any atom is 0.275 e. The summed E-state index contributed by atoms with van der Waals surface area (Å²) in [5.74, 6) is 1.03. The lowest BCUT2D eigenvalue weighted by Crippen LogP contribution is -2.14. The van der Waals surface area contributed by atoms with Crippen LogP contribution in [0.2, 0.25) is 0 Å². The lowest BCUT2D eigenvalue weighted by atomic mass is 10.1. The quantitative estimate of drug-likeness (QED) is 0.947. The van der Waals surface area contributed by atoms with E-state index in [2.05, 4.69) is 10.3 Å². The molecule has 1 heterocycles. The van der Waals surface area contributed by atoms with Crippen molar-refractivity contribution in [3.05, 3.63) is 47.5 Å². The first-order chi connectivity index (χ1) is 10.6. The number of ether oxygens (including phenoxy) is 2. The Balaban J connectivity index is 2.14. The lowest BCUT2D eigenvalue weighted by Gasteiger charge is -2.07. The first-order valence-electron chi connectivity index (χ1n) is 6.86. The summed E-state index contributed by atoms with van der Waals surface area (Å²) in [5, 5.41) is 2.86. The van der Waals surface area contributed by atoms with Gasteiger partial charge >= 0.3 is 0 Å². The van der Waals surface area contributed by atoms with Crippen molar-refractivity contribution in [1.29, 1.82) is 0 Å². The molecule has 0 saturated heterocycles. The molecule has 0 atom stereocenters. The standard InChI is InChI=1S/C17H16N2O3/c1-10-5-4-6-12-15(10)19-17(20)16(12)18-13-9-11(21-2)7-8-14(13)22-3/h4-9H,1-3H3,(H,18,19,20). The van der Waals surface area contributed by atoms with Gasteiger partial charge in [0, 0.05) is 11.6 Å². The number of fused-ring (bicyclic) bond motifs is 1. The van der Waals surface area contributed by atoms with E-state index in [0.29, 0.717) is 22.9 Å². The third-order valence-electron chi connectivity index (χ3n) is 3.60. The Morgan fingerprint density at radius 1 is 1.09 bits per heavy atom. The molecule has 0 bridgehead atoms. The van der Waals surface area contributed by atoms with E-state index in [1.807, 2.05) is 25.1 Å². The van der Waals surface area contributed by atoms with Crippen LogP contribution in [0.15, 0.2) is 41.4 Å². The highest BCUT2D eigenvalue weighted by molar-refractivity contribution is 6.54. The van der Waals surface area contributed by atoms with Crippen LogP contribution < -0.4 is 14.8 Å². The third-order valence-corrected chi connectivity index (χ3v) is 3.60. The van der Waals surface area contributed by atoms with Gasteiger partial charge in [-0.25, -0.2) is 4.99 Å². The van der Waals surface area contributed by atoms with Gasteiger partial charge in [-0.3, -0.25) is 4.79 Å². The molecule has 1 aliphatic rings. The van der Waals surface area contributed by atoms with Gasteiger partial charge in [-0.05, 0) is 24.6 Å². The number of benzene rings is 2. The molecule has 0 radical (unpaired) electrons. The summed E-state index contributed by atoms with van der Waals surface area (Å²) >= 11 is 0. The fraction of sp³-hybridized carbons (Fsp3) is 0.176. The number of hydrogen-bond donors (Lipinski definition) is 1. The fourth-order valence-electron chi connectivity index (χ4n) is 2.44. The molecule has 1 N–H and O–H groups in total. The Kier molecular flexibility index (Phi) is 3.55. The van der Waals surface area contributed by atoms with Gasteiger partial charge < -0.3 is 14.8 Å². The van der Waals surface area contributed by atoms with E-state index in [0.717, 1.165) is 16.8 Å². The predicted molar refractivity (Wildman–Crippen MR) is 85.6 cm³/mol. The van der Waals surface area contributed by atoms with Gasteiger partial charge in [-0.2, -0.15) is 0 Å². The summed E-state index contributed by atoms with van der Waals surface area (Å²) in [4.78, 5) is 16.7. The minimum Gasteiger partial charge on any atom is -0.497 e. The molecule has 2 aromatic carbocycles. The summed E-state index contributed by atoms with van der Waals surface area (Å²) in [7, 11) is 3.15. The van der Waals surface area contributed by atoms with Crippen molar-refractivity contribution in [2.45, 2.75) is 6.92 Å². The van der Waals surface area contributed by atoms with E-state index in [4.69, 9.17) is 9.47 Å². The first-order valence-corrected chi connectivity index (χ1v) is 6.86. The lowest BCUT2D eigenvalue weighted by molar-refractivity contribution is -0.110. The highest BCUT2D eigenvalue weighted by Crippen LogP contribution is 2.34. The Morgan fingerprint density at radius 3 is 2.64 bits per heavy atom. The van der Waals surface area contributed by atoms with E-state index in [-0.39, 0.29) is 5.91 Å². The monoisotopic (exact) mass is 296 g/mol. The molecule has 112 valence electrons. The minimum absolute atomic E-state index is 0.214. The predicted octanol–water partition coefficient (Wildman–Crippen LogP) is 3.09. The number of aliphatic imine (C=N–C) groups is 1. The maximum atomic E-state index is 12.2. The second kappa shape index (κ2) is 5.52. The normalized spacial score (nSPS) is 14.7. The second-order valence-corrected chi connectivity index (χ2v) is 4.95. The Morgan fingerprint density at radius 2 is 1.91 bits per heavy atom. The highest BCUT2D eigenvalue weighted by atomic mass is 16.5. The molecule has 0 spiro atoms. The molecule has 0 aliphatic carbocycles. The number of anilines is 1. The summed E-state index contributed by atoms with van der Waals surface area (Å²) in [5.41, 5.74) is 3.56. The summed E-state index contributed by atoms with van der Waals surface area (Å²) < 4.78 is 10.5. The summed E-state index contributed by atoms with van der Waals surface area (Å²) in [6.07, 6.45) is 0. The minimum atomic E-state index is -0.214. The van der Waals surface area contributed by atoms with Gasteiger partial charge in [0.1, 0.15) is 22.9 Å². The second-order valence-electron chi connectivity index (χ2n) is 4.95. The molecule has 0 aromatic heterocycles. The third kappa shape index (κ3) is 2.30. The topological polar surface area (TPSA) is 59.9 Å². The van der Waals surface area contributed by atoms with Crippen molar-refractivity contribution >= 4 is 23.0 Å². The Hall–Kier alpha value is -2.82. The number of aryl methyl sites for hydroxylation is 1. The van der Waals surface area contributed by atoms with E-state index < -0.39 is 0 Å². The number of nitrogens with one attached hydrogen (secondary N) is 1. The van der Waals surface area contributed by atoms with Crippen LogP contribution in [0.25, 0.3) is 0 Å². The van der Waals surface area contributed by atoms with Gasteiger partial charge in [0.05, 0.1) is 19.9 Å². The number of methoxy groups -OCH3 is 2. The van der Waals surface area contributed by atoms with Crippen LogP contribution in [0.3, 0.4) is 0 Å². The van der Waals surface area contributed by atoms with Crippen molar-refractivity contribution in [1.82, 2.24) is 0 Å². The van der Waals surface area contributed by atoms with Crippen LogP contribution in [-0.4, -0.2) is 25.8 Å². The highest BCUT2D eigenvalue weighted by Gasteiger charge is 2.27. The van der Waals surface area contributed by atoms with Crippen LogP contribution in [0, 0.1) is 6.92 Å². The zero-order chi connectivity index (χ0) is 15.7. The van der Waals surface area contributed by atoms with Gasteiger partial charge in [0.2, 0.25) is 0 Å². The molecular weight excluding hydrogens is 280 g/mol. The van der Waals surface area contributed by atoms with Crippen molar-refractivity contribution < 1.29 is 14.3 Å². The van der Waals surface area contributed by atoms with Crippen LogP contribution in [-0.2, 0) is 4.79 Å². The van der Waals surface area contributed by atoms with Gasteiger partial charge in [0.25, 0.3) is 5.91 Å². The van der Waals surface area contributed by atoms with Crippen LogP contribution in [0.1, 0.15) is 11.1 Å². The smallest absolute Gasteiger partial charge is 0.275 e. The molecule has 2 aromatic rings. The summed E-state index contributed by atoms with van der Waals surface area (Å²) in [6.45, 7) is 1.95. The van der Waals surface area contributed by atoms with Gasteiger partial charge in [-0.1, -0.05) is 18.2 Å². The number of amides is 1. The maximum absolute atomic E-state index is 12.2. The molecule has 0 fully saturated rings. The average molecular weight is 296 g/mol. The molecule has 22 heavy (non-hydrogen) atoms. The molecule has 0 saturated carbocycles. The van der Waals surface area contributed by atoms with Crippen LogP contribution in [0.4, 0.5) is 11.4 Å². The number of nitrogens with zero attached hydrogens (tertiary/aromatic N) is 1. The average Bonchev–Trinajstić information content (AvgIpc) is 2.85. The van der Waals surface area contributed by atoms with Crippen molar-refractivity contribution in [3.8, 4) is 11.5 Å².